The van der Waals surface area contributed by atoms with Gasteiger partial charge in [-0.15, -0.1) is 0 Å². The largest absolute Gasteiger partial charge is 0.330 e. The monoisotopic (exact) mass is 268 g/mol. The van der Waals surface area contributed by atoms with Crippen molar-refractivity contribution in [2.75, 3.05) is 11.9 Å². The molecule has 104 valence electrons. The van der Waals surface area contributed by atoms with E-state index in [1.165, 1.54) is 0 Å². The molecule has 3 N–H and O–H groups in total. The van der Waals surface area contributed by atoms with Crippen molar-refractivity contribution in [2.45, 2.75) is 25.7 Å². The van der Waals surface area contributed by atoms with Crippen LogP contribution in [0.15, 0.2) is 18.2 Å². The average Bonchev–Trinajstić information content (AvgIpc) is 2.37. The molecule has 0 aliphatic heterocycles. The van der Waals surface area contributed by atoms with Crippen LogP contribution in [0.4, 0.5) is 14.5 Å². The van der Waals surface area contributed by atoms with Crippen molar-refractivity contribution in [1.82, 2.24) is 0 Å². The third-order valence-electron chi connectivity index (χ3n) is 3.68. The Labute approximate surface area is 111 Å². The highest BCUT2D eigenvalue weighted by Gasteiger charge is 2.25. The minimum absolute atomic E-state index is 0.0888. The lowest BCUT2D eigenvalue weighted by molar-refractivity contribution is -0.121. The van der Waals surface area contributed by atoms with E-state index in [2.05, 4.69) is 5.32 Å². The van der Waals surface area contributed by atoms with Gasteiger partial charge in [-0.2, -0.15) is 0 Å². The van der Waals surface area contributed by atoms with Crippen molar-refractivity contribution in [3.05, 3.63) is 29.8 Å². The number of anilines is 1. The van der Waals surface area contributed by atoms with E-state index in [0.29, 0.717) is 12.5 Å². The Kier molecular flexibility index (Phi) is 4.47. The van der Waals surface area contributed by atoms with E-state index in [4.69, 9.17) is 5.73 Å². The van der Waals surface area contributed by atoms with E-state index in [0.717, 1.165) is 43.9 Å². The molecule has 1 aromatic rings. The van der Waals surface area contributed by atoms with Gasteiger partial charge in [0.15, 0.2) is 0 Å². The van der Waals surface area contributed by atoms with E-state index in [1.807, 2.05) is 0 Å². The standard InChI is InChI=1S/C14H18F2N2O/c15-11-5-12(16)7-13(6-11)18-14(19)10-3-1-9(8-17)2-4-10/h5-7,9-10H,1-4,8,17H2,(H,18,19). The van der Waals surface area contributed by atoms with E-state index in [-0.39, 0.29) is 17.5 Å². The van der Waals surface area contributed by atoms with Crippen LogP contribution in [0.25, 0.3) is 0 Å². The molecule has 3 nitrogen and oxygen atoms in total. The maximum absolute atomic E-state index is 13.0. The second-order valence-corrected chi connectivity index (χ2v) is 5.10. The predicted molar refractivity (Wildman–Crippen MR) is 69.5 cm³/mol. The second kappa shape index (κ2) is 6.10. The Balaban J connectivity index is 1.94. The first-order valence-corrected chi connectivity index (χ1v) is 6.55. The molecule has 1 fully saturated rings. The van der Waals surface area contributed by atoms with Crippen molar-refractivity contribution < 1.29 is 13.6 Å². The lowest BCUT2D eigenvalue weighted by Gasteiger charge is -2.26. The molecule has 5 heteroatoms. The number of rotatable bonds is 3. The van der Waals surface area contributed by atoms with Gasteiger partial charge in [0, 0.05) is 17.7 Å². The maximum Gasteiger partial charge on any atom is 0.227 e. The SMILES string of the molecule is NCC1CCC(C(=O)Nc2cc(F)cc(F)c2)CC1. The van der Waals surface area contributed by atoms with Gasteiger partial charge in [-0.1, -0.05) is 0 Å². The van der Waals surface area contributed by atoms with Crippen molar-refractivity contribution >= 4 is 11.6 Å². The van der Waals surface area contributed by atoms with Crippen LogP contribution >= 0.6 is 0 Å². The molecule has 0 radical (unpaired) electrons. The molecular formula is C14H18F2N2O. The number of hydrogen-bond donors (Lipinski definition) is 2. The van der Waals surface area contributed by atoms with Gasteiger partial charge in [-0.3, -0.25) is 4.79 Å². The molecule has 0 heterocycles. The summed E-state index contributed by atoms with van der Waals surface area (Å²) >= 11 is 0. The van der Waals surface area contributed by atoms with Gasteiger partial charge in [-0.25, -0.2) is 8.78 Å². The van der Waals surface area contributed by atoms with Crippen molar-refractivity contribution in [1.29, 1.82) is 0 Å². The Bertz CT molecular complexity index is 437. The molecule has 19 heavy (non-hydrogen) atoms. The van der Waals surface area contributed by atoms with E-state index >= 15 is 0 Å². The number of nitrogens with two attached hydrogens (primary N) is 1. The molecule has 2 rings (SSSR count). The predicted octanol–water partition coefficient (Wildman–Crippen LogP) is 2.67. The molecule has 1 aliphatic carbocycles. The van der Waals surface area contributed by atoms with E-state index in [9.17, 15) is 13.6 Å². The number of carbonyl (C=O) groups is 1. The van der Waals surface area contributed by atoms with E-state index in [1.54, 1.807) is 0 Å². The summed E-state index contributed by atoms with van der Waals surface area (Å²) in [6, 6.07) is 3.01. The zero-order chi connectivity index (χ0) is 13.8. The van der Waals surface area contributed by atoms with Gasteiger partial charge in [0.1, 0.15) is 11.6 Å². The summed E-state index contributed by atoms with van der Waals surface area (Å²) in [5.41, 5.74) is 5.77. The summed E-state index contributed by atoms with van der Waals surface area (Å²) in [6.45, 7) is 0.656. The Hall–Kier alpha value is -1.49. The Morgan fingerprint density at radius 3 is 2.26 bits per heavy atom. The van der Waals surface area contributed by atoms with E-state index < -0.39 is 11.6 Å². The normalized spacial score (nSPS) is 23.1. The fourth-order valence-corrected chi connectivity index (χ4v) is 2.53. The minimum Gasteiger partial charge on any atom is -0.330 e. The zero-order valence-corrected chi connectivity index (χ0v) is 10.7. The summed E-state index contributed by atoms with van der Waals surface area (Å²) in [7, 11) is 0. The fourth-order valence-electron chi connectivity index (χ4n) is 2.53. The van der Waals surface area contributed by atoms with Crippen LogP contribution in [0.2, 0.25) is 0 Å². The van der Waals surface area contributed by atoms with Crippen LogP contribution in [0.3, 0.4) is 0 Å². The number of nitrogens with one attached hydrogen (secondary N) is 1. The molecule has 0 saturated heterocycles. The summed E-state index contributed by atoms with van der Waals surface area (Å²) in [6.07, 6.45) is 3.44. The van der Waals surface area contributed by atoms with Crippen LogP contribution in [-0.4, -0.2) is 12.5 Å². The van der Waals surface area contributed by atoms with Gasteiger partial charge in [0.2, 0.25) is 5.91 Å². The minimum atomic E-state index is -0.692. The Morgan fingerprint density at radius 1 is 1.16 bits per heavy atom. The van der Waals surface area contributed by atoms with Crippen LogP contribution < -0.4 is 11.1 Å². The van der Waals surface area contributed by atoms with Crippen molar-refractivity contribution in [3.63, 3.8) is 0 Å². The van der Waals surface area contributed by atoms with Crippen LogP contribution in [0, 0.1) is 23.5 Å². The van der Waals surface area contributed by atoms with Gasteiger partial charge in [0.05, 0.1) is 0 Å². The molecule has 0 aromatic heterocycles. The van der Waals surface area contributed by atoms with Gasteiger partial charge >= 0.3 is 0 Å². The molecule has 1 aromatic carbocycles. The number of benzene rings is 1. The average molecular weight is 268 g/mol. The maximum atomic E-state index is 13.0. The highest BCUT2D eigenvalue weighted by molar-refractivity contribution is 5.92. The number of carbonyl (C=O) groups excluding carboxylic acids is 1. The smallest absolute Gasteiger partial charge is 0.227 e. The molecule has 0 bridgehead atoms. The van der Waals surface area contributed by atoms with Crippen LogP contribution in [0.1, 0.15) is 25.7 Å². The molecule has 0 unspecified atom stereocenters. The van der Waals surface area contributed by atoms with Gasteiger partial charge < -0.3 is 11.1 Å². The molecule has 0 atom stereocenters. The zero-order valence-electron chi connectivity index (χ0n) is 10.7. The topological polar surface area (TPSA) is 55.1 Å². The molecule has 1 aliphatic rings. The quantitative estimate of drug-likeness (QED) is 0.885. The number of amides is 1. The highest BCUT2D eigenvalue weighted by Crippen LogP contribution is 2.29. The number of halogens is 2. The van der Waals surface area contributed by atoms with Gasteiger partial charge in [-0.05, 0) is 50.3 Å². The van der Waals surface area contributed by atoms with Crippen molar-refractivity contribution in [2.24, 2.45) is 17.6 Å². The Morgan fingerprint density at radius 2 is 1.74 bits per heavy atom. The van der Waals surface area contributed by atoms with Crippen molar-refractivity contribution in [3.8, 4) is 0 Å². The van der Waals surface area contributed by atoms with Crippen LogP contribution in [0.5, 0.6) is 0 Å². The third-order valence-corrected chi connectivity index (χ3v) is 3.68. The molecule has 1 amide bonds. The first-order chi connectivity index (χ1) is 9.08. The first-order valence-electron chi connectivity index (χ1n) is 6.55. The molecule has 1 saturated carbocycles. The third kappa shape index (κ3) is 3.73. The second-order valence-electron chi connectivity index (χ2n) is 5.10. The number of hydrogen-bond acceptors (Lipinski definition) is 2. The lowest BCUT2D eigenvalue weighted by atomic mass is 9.81. The van der Waals surface area contributed by atoms with Gasteiger partial charge in [0.25, 0.3) is 0 Å². The summed E-state index contributed by atoms with van der Waals surface area (Å²) in [5, 5.41) is 2.58. The molecular weight excluding hydrogens is 250 g/mol. The fraction of sp³-hybridized carbons (Fsp3) is 0.500. The summed E-state index contributed by atoms with van der Waals surface area (Å²) in [4.78, 5) is 12.0. The lowest BCUT2D eigenvalue weighted by Crippen LogP contribution is -2.29. The first kappa shape index (κ1) is 13.9. The summed E-state index contributed by atoms with van der Waals surface area (Å²) in [5.74, 6) is -1.14. The van der Waals surface area contributed by atoms with Crippen LogP contribution in [-0.2, 0) is 4.79 Å². The molecule has 0 spiro atoms. The summed E-state index contributed by atoms with van der Waals surface area (Å²) < 4.78 is 26.0. The highest BCUT2D eigenvalue weighted by atomic mass is 19.1.